The van der Waals surface area contributed by atoms with E-state index in [0.29, 0.717) is 11.0 Å². The van der Waals surface area contributed by atoms with E-state index in [2.05, 4.69) is 13.9 Å². The average molecular weight is 301 g/mol. The SMILES string of the molecule is CN(CC(N)=NO)S(=O)(=O)c1cccc2nsnc12. The van der Waals surface area contributed by atoms with Crippen molar-refractivity contribution in [3.05, 3.63) is 18.2 Å². The van der Waals surface area contributed by atoms with E-state index < -0.39 is 10.0 Å². The monoisotopic (exact) mass is 301 g/mol. The van der Waals surface area contributed by atoms with E-state index in [1.807, 2.05) is 0 Å². The van der Waals surface area contributed by atoms with Gasteiger partial charge in [0.05, 0.1) is 18.3 Å². The van der Waals surface area contributed by atoms with Crippen LogP contribution in [0.25, 0.3) is 11.0 Å². The van der Waals surface area contributed by atoms with Crippen molar-refractivity contribution >= 4 is 38.6 Å². The molecule has 0 spiro atoms. The van der Waals surface area contributed by atoms with Crippen LogP contribution in [0, 0.1) is 0 Å². The van der Waals surface area contributed by atoms with E-state index in [4.69, 9.17) is 10.9 Å². The van der Waals surface area contributed by atoms with Gasteiger partial charge in [-0.15, -0.1) is 0 Å². The summed E-state index contributed by atoms with van der Waals surface area (Å²) in [4.78, 5) is 0.0481. The number of amidine groups is 1. The third-order valence-corrected chi connectivity index (χ3v) is 4.83. The van der Waals surface area contributed by atoms with Crippen LogP contribution in [-0.2, 0) is 10.0 Å². The van der Waals surface area contributed by atoms with Gasteiger partial charge < -0.3 is 10.9 Å². The summed E-state index contributed by atoms with van der Waals surface area (Å²) in [6.07, 6.45) is 0. The van der Waals surface area contributed by atoms with Crippen molar-refractivity contribution in [3.8, 4) is 0 Å². The molecule has 2 rings (SSSR count). The van der Waals surface area contributed by atoms with Crippen molar-refractivity contribution in [2.24, 2.45) is 10.9 Å². The van der Waals surface area contributed by atoms with Gasteiger partial charge >= 0.3 is 0 Å². The molecule has 102 valence electrons. The fraction of sp³-hybridized carbons (Fsp3) is 0.222. The zero-order chi connectivity index (χ0) is 14.0. The standard InChI is InChI=1S/C9H11N5O3S2/c1-14(5-8(10)11-15)19(16,17)7-4-2-3-6-9(7)13-18-12-6/h2-4,15H,5H2,1H3,(H2,10,11). The third-order valence-electron chi connectivity index (χ3n) is 2.45. The molecule has 0 radical (unpaired) electrons. The first-order valence-corrected chi connectivity index (χ1v) is 7.28. The Morgan fingerprint density at radius 2 is 2.26 bits per heavy atom. The van der Waals surface area contributed by atoms with Gasteiger partial charge in [-0.3, -0.25) is 0 Å². The number of aromatic nitrogens is 2. The maximum Gasteiger partial charge on any atom is 0.245 e. The molecule has 1 aromatic carbocycles. The van der Waals surface area contributed by atoms with Crippen LogP contribution < -0.4 is 5.73 Å². The normalized spacial score (nSPS) is 13.3. The van der Waals surface area contributed by atoms with Gasteiger partial charge in [-0.1, -0.05) is 11.2 Å². The first-order chi connectivity index (χ1) is 8.96. The molecule has 0 fully saturated rings. The van der Waals surface area contributed by atoms with E-state index in [-0.39, 0.29) is 17.3 Å². The highest BCUT2D eigenvalue weighted by Crippen LogP contribution is 2.23. The van der Waals surface area contributed by atoms with Gasteiger partial charge in [0.25, 0.3) is 0 Å². The smallest absolute Gasteiger partial charge is 0.245 e. The Labute approximate surface area is 113 Å². The highest BCUT2D eigenvalue weighted by molar-refractivity contribution is 7.89. The second-order valence-corrected chi connectivity index (χ2v) is 6.28. The van der Waals surface area contributed by atoms with Crippen molar-refractivity contribution in [3.63, 3.8) is 0 Å². The number of likely N-dealkylation sites (N-methyl/N-ethyl adjacent to an activating group) is 1. The fourth-order valence-corrected chi connectivity index (χ4v) is 3.39. The number of hydrogen-bond donors (Lipinski definition) is 2. The van der Waals surface area contributed by atoms with Crippen LogP contribution in [0.2, 0.25) is 0 Å². The van der Waals surface area contributed by atoms with E-state index >= 15 is 0 Å². The number of hydrogen-bond acceptors (Lipinski definition) is 7. The first-order valence-electron chi connectivity index (χ1n) is 5.11. The topological polar surface area (TPSA) is 122 Å². The van der Waals surface area contributed by atoms with E-state index in [1.54, 1.807) is 12.1 Å². The lowest BCUT2D eigenvalue weighted by molar-refractivity contribution is 0.315. The third kappa shape index (κ3) is 2.50. The van der Waals surface area contributed by atoms with Crippen LogP contribution in [0.3, 0.4) is 0 Å². The maximum absolute atomic E-state index is 12.4. The average Bonchev–Trinajstić information content (AvgIpc) is 2.86. The second kappa shape index (κ2) is 5.07. The summed E-state index contributed by atoms with van der Waals surface area (Å²) in [5.74, 6) is -0.199. The van der Waals surface area contributed by atoms with Gasteiger partial charge in [0.1, 0.15) is 15.9 Å². The number of benzene rings is 1. The molecule has 8 nitrogen and oxygen atoms in total. The van der Waals surface area contributed by atoms with Crippen LogP contribution in [0.15, 0.2) is 28.3 Å². The summed E-state index contributed by atoms with van der Waals surface area (Å²) < 4.78 is 33.7. The van der Waals surface area contributed by atoms with E-state index in [1.165, 1.54) is 13.1 Å². The van der Waals surface area contributed by atoms with Crippen molar-refractivity contribution in [1.82, 2.24) is 13.1 Å². The van der Waals surface area contributed by atoms with Gasteiger partial charge in [0, 0.05) is 7.05 Å². The van der Waals surface area contributed by atoms with Gasteiger partial charge in [-0.2, -0.15) is 13.1 Å². The summed E-state index contributed by atoms with van der Waals surface area (Å²) in [5, 5.41) is 11.2. The number of oxime groups is 1. The number of fused-ring (bicyclic) bond motifs is 1. The summed E-state index contributed by atoms with van der Waals surface area (Å²) in [5.41, 5.74) is 6.14. The number of sulfonamides is 1. The lowest BCUT2D eigenvalue weighted by Crippen LogP contribution is -2.35. The Kier molecular flexibility index (Phi) is 3.64. The zero-order valence-corrected chi connectivity index (χ0v) is 11.5. The quantitative estimate of drug-likeness (QED) is 0.356. The molecule has 3 N–H and O–H groups in total. The molecule has 0 amide bonds. The van der Waals surface area contributed by atoms with Crippen LogP contribution in [0.1, 0.15) is 0 Å². The largest absolute Gasteiger partial charge is 0.409 e. The maximum atomic E-state index is 12.4. The van der Waals surface area contributed by atoms with Gasteiger partial charge in [0.15, 0.2) is 5.84 Å². The van der Waals surface area contributed by atoms with Gasteiger partial charge in [-0.05, 0) is 12.1 Å². The predicted molar refractivity (Wildman–Crippen MR) is 70.6 cm³/mol. The van der Waals surface area contributed by atoms with Crippen LogP contribution >= 0.6 is 11.7 Å². The van der Waals surface area contributed by atoms with Crippen LogP contribution in [0.4, 0.5) is 0 Å². The van der Waals surface area contributed by atoms with Gasteiger partial charge in [-0.25, -0.2) is 8.42 Å². The molecule has 0 aliphatic rings. The molecule has 1 heterocycles. The Bertz CT molecular complexity index is 724. The number of nitrogens with two attached hydrogens (primary N) is 1. The van der Waals surface area contributed by atoms with Crippen LogP contribution in [0.5, 0.6) is 0 Å². The first kappa shape index (κ1) is 13.6. The molecular formula is C9H11N5O3S2. The molecule has 19 heavy (non-hydrogen) atoms. The van der Waals surface area contributed by atoms with Gasteiger partial charge in [0.2, 0.25) is 10.0 Å². The van der Waals surface area contributed by atoms with Crippen LogP contribution in [-0.4, -0.2) is 46.1 Å². The fourth-order valence-electron chi connectivity index (χ4n) is 1.50. The molecule has 0 saturated heterocycles. The van der Waals surface area contributed by atoms with E-state index in [0.717, 1.165) is 16.0 Å². The molecule has 0 unspecified atom stereocenters. The van der Waals surface area contributed by atoms with E-state index in [9.17, 15) is 8.42 Å². The molecular weight excluding hydrogens is 290 g/mol. The molecule has 0 saturated carbocycles. The summed E-state index contributed by atoms with van der Waals surface area (Å²) in [7, 11) is -2.44. The second-order valence-electron chi connectivity index (χ2n) is 3.74. The van der Waals surface area contributed by atoms with Crippen molar-refractivity contribution < 1.29 is 13.6 Å². The predicted octanol–water partition coefficient (Wildman–Crippen LogP) is 0.0582. The molecule has 10 heteroatoms. The Morgan fingerprint density at radius 3 is 2.95 bits per heavy atom. The molecule has 0 aliphatic heterocycles. The minimum Gasteiger partial charge on any atom is -0.409 e. The minimum absolute atomic E-state index is 0.0481. The molecule has 1 aromatic heterocycles. The number of nitrogens with zero attached hydrogens (tertiary/aromatic N) is 4. The Morgan fingerprint density at radius 1 is 1.53 bits per heavy atom. The molecule has 0 atom stereocenters. The van der Waals surface area contributed by atoms with Crippen molar-refractivity contribution in [1.29, 1.82) is 0 Å². The molecule has 2 aromatic rings. The summed E-state index contributed by atoms with van der Waals surface area (Å²) in [6, 6.07) is 4.72. The highest BCUT2D eigenvalue weighted by Gasteiger charge is 2.25. The zero-order valence-electron chi connectivity index (χ0n) is 9.89. The number of rotatable bonds is 4. The van der Waals surface area contributed by atoms with Crippen molar-refractivity contribution in [2.75, 3.05) is 13.6 Å². The van der Waals surface area contributed by atoms with Crippen molar-refractivity contribution in [2.45, 2.75) is 4.90 Å². The highest BCUT2D eigenvalue weighted by atomic mass is 32.2. The molecule has 0 bridgehead atoms. The minimum atomic E-state index is -3.78. The summed E-state index contributed by atoms with van der Waals surface area (Å²) in [6.45, 7) is -0.215. The summed E-state index contributed by atoms with van der Waals surface area (Å²) >= 11 is 0.942. The lowest BCUT2D eigenvalue weighted by atomic mass is 10.3. The Hall–Kier alpha value is -1.78. The molecule has 0 aliphatic carbocycles. The lowest BCUT2D eigenvalue weighted by Gasteiger charge is -2.16. The Balaban J connectivity index is 2.47.